The van der Waals surface area contributed by atoms with Crippen LogP contribution in [0.3, 0.4) is 0 Å². The number of amides is 1. The summed E-state index contributed by atoms with van der Waals surface area (Å²) in [6, 6.07) is 4.36. The molecule has 2 N–H and O–H groups in total. The molecule has 0 aromatic heterocycles. The van der Waals surface area contributed by atoms with Gasteiger partial charge in [-0.1, -0.05) is 19.9 Å². The van der Waals surface area contributed by atoms with Gasteiger partial charge in [0.2, 0.25) is 15.9 Å². The van der Waals surface area contributed by atoms with Gasteiger partial charge in [0.05, 0.1) is 7.11 Å². The fourth-order valence-electron chi connectivity index (χ4n) is 2.40. The van der Waals surface area contributed by atoms with Crippen LogP contribution in [0, 0.1) is 0 Å². The average Bonchev–Trinajstić information content (AvgIpc) is 2.48. The smallest absolute Gasteiger partial charge is 0.244 e. The van der Waals surface area contributed by atoms with Gasteiger partial charge in [-0.05, 0) is 36.5 Å². The highest BCUT2D eigenvalue weighted by Gasteiger charge is 2.29. The predicted molar refractivity (Wildman–Crippen MR) is 83.4 cm³/mol. The monoisotopic (exact) mass is 326 g/mol. The lowest BCUT2D eigenvalue weighted by Crippen LogP contribution is -2.50. The number of sulfonamides is 1. The molecular formula is C15H22N2O4S. The lowest BCUT2D eigenvalue weighted by atomic mass is 10.0. The molecular weight excluding hydrogens is 304 g/mol. The Bertz CT molecular complexity index is 656. The highest BCUT2D eigenvalue weighted by molar-refractivity contribution is 7.89. The first-order valence-corrected chi connectivity index (χ1v) is 8.81. The molecule has 0 aliphatic carbocycles. The maximum absolute atomic E-state index is 12.6. The maximum Gasteiger partial charge on any atom is 0.244 e. The second-order valence-electron chi connectivity index (χ2n) is 5.67. The van der Waals surface area contributed by atoms with E-state index in [-0.39, 0.29) is 22.5 Å². The minimum Gasteiger partial charge on any atom is -0.495 e. The summed E-state index contributed by atoms with van der Waals surface area (Å²) in [7, 11) is -2.40. The Morgan fingerprint density at radius 2 is 2.09 bits per heavy atom. The summed E-state index contributed by atoms with van der Waals surface area (Å²) in [5, 5.41) is 2.67. The third kappa shape index (κ3) is 3.59. The van der Waals surface area contributed by atoms with Crippen molar-refractivity contribution in [3.63, 3.8) is 0 Å². The summed E-state index contributed by atoms with van der Waals surface area (Å²) in [5.41, 5.74) is 0.897. The van der Waals surface area contributed by atoms with Crippen LogP contribution < -0.4 is 14.8 Å². The zero-order valence-corrected chi connectivity index (χ0v) is 13.9. The first-order chi connectivity index (χ1) is 10.3. The van der Waals surface area contributed by atoms with Gasteiger partial charge in [-0.2, -0.15) is 4.72 Å². The number of benzene rings is 1. The minimum atomic E-state index is -3.83. The van der Waals surface area contributed by atoms with Crippen molar-refractivity contribution in [3.05, 3.63) is 23.8 Å². The second-order valence-corrected chi connectivity index (χ2v) is 7.35. The molecule has 1 aromatic rings. The molecule has 1 aromatic carbocycles. The maximum atomic E-state index is 12.6. The Balaban J connectivity index is 2.35. The highest BCUT2D eigenvalue weighted by atomic mass is 32.2. The molecule has 1 atom stereocenters. The van der Waals surface area contributed by atoms with E-state index in [2.05, 4.69) is 10.0 Å². The third-order valence-corrected chi connectivity index (χ3v) is 5.22. The van der Waals surface area contributed by atoms with Crippen molar-refractivity contribution in [1.29, 1.82) is 0 Å². The van der Waals surface area contributed by atoms with Crippen molar-refractivity contribution in [2.24, 2.45) is 0 Å². The highest BCUT2D eigenvalue weighted by Crippen LogP contribution is 2.28. The summed E-state index contributed by atoms with van der Waals surface area (Å²) in [6.07, 6.45) is 1.25. The van der Waals surface area contributed by atoms with E-state index in [0.717, 1.165) is 12.0 Å². The quantitative estimate of drug-likeness (QED) is 0.856. The van der Waals surface area contributed by atoms with Gasteiger partial charge in [-0.25, -0.2) is 8.42 Å². The van der Waals surface area contributed by atoms with Crippen LogP contribution in [0.1, 0.15) is 38.2 Å². The molecule has 0 spiro atoms. The van der Waals surface area contributed by atoms with Crippen LogP contribution in [0.4, 0.5) is 0 Å². The summed E-state index contributed by atoms with van der Waals surface area (Å²) >= 11 is 0. The predicted octanol–water partition coefficient (Wildman–Crippen LogP) is 1.38. The van der Waals surface area contributed by atoms with Crippen LogP contribution in [0.2, 0.25) is 0 Å². The second kappa shape index (κ2) is 6.66. The third-order valence-electron chi connectivity index (χ3n) is 3.73. The van der Waals surface area contributed by atoms with Crippen molar-refractivity contribution >= 4 is 15.9 Å². The van der Waals surface area contributed by atoms with Gasteiger partial charge in [-0.15, -0.1) is 0 Å². The van der Waals surface area contributed by atoms with E-state index >= 15 is 0 Å². The molecule has 2 rings (SSSR count). The van der Waals surface area contributed by atoms with Crippen molar-refractivity contribution in [3.8, 4) is 5.75 Å². The van der Waals surface area contributed by atoms with E-state index < -0.39 is 16.1 Å². The van der Waals surface area contributed by atoms with Gasteiger partial charge in [-0.3, -0.25) is 4.79 Å². The first-order valence-electron chi connectivity index (χ1n) is 7.33. The van der Waals surface area contributed by atoms with Crippen LogP contribution in [0.15, 0.2) is 23.1 Å². The summed E-state index contributed by atoms with van der Waals surface area (Å²) in [6.45, 7) is 4.56. The van der Waals surface area contributed by atoms with E-state index in [4.69, 9.17) is 4.74 Å². The molecule has 1 heterocycles. The van der Waals surface area contributed by atoms with Crippen molar-refractivity contribution < 1.29 is 17.9 Å². The zero-order chi connectivity index (χ0) is 16.3. The molecule has 1 aliphatic rings. The Morgan fingerprint density at radius 3 is 2.68 bits per heavy atom. The van der Waals surface area contributed by atoms with Crippen molar-refractivity contribution in [2.45, 2.75) is 43.5 Å². The lowest BCUT2D eigenvalue weighted by molar-refractivity contribution is -0.124. The molecule has 6 nitrogen and oxygen atoms in total. The molecule has 0 bridgehead atoms. The fraction of sp³-hybridized carbons (Fsp3) is 0.533. The number of rotatable bonds is 5. The van der Waals surface area contributed by atoms with Gasteiger partial charge in [0, 0.05) is 6.54 Å². The number of hydrogen-bond acceptors (Lipinski definition) is 4. The number of methoxy groups -OCH3 is 1. The van der Waals surface area contributed by atoms with Crippen LogP contribution >= 0.6 is 0 Å². The number of carbonyl (C=O) groups excluding carboxylic acids is 1. The van der Waals surface area contributed by atoms with Crippen LogP contribution in [0.5, 0.6) is 5.75 Å². The number of ether oxygens (including phenoxy) is 1. The van der Waals surface area contributed by atoms with Crippen molar-refractivity contribution in [2.75, 3.05) is 13.7 Å². The summed E-state index contributed by atoms with van der Waals surface area (Å²) in [5.74, 6) is 0.180. The van der Waals surface area contributed by atoms with Crippen LogP contribution in [0.25, 0.3) is 0 Å². The lowest BCUT2D eigenvalue weighted by Gasteiger charge is -2.23. The van der Waals surface area contributed by atoms with Gasteiger partial charge < -0.3 is 10.1 Å². The fourth-order valence-corrected chi connectivity index (χ4v) is 3.83. The molecule has 1 saturated heterocycles. The average molecular weight is 326 g/mol. The van der Waals surface area contributed by atoms with E-state index in [1.807, 2.05) is 19.9 Å². The number of hydrogen-bond donors (Lipinski definition) is 2. The Labute approximate surface area is 131 Å². The SMILES string of the molecule is COc1ccc(C(C)C)cc1S(=O)(=O)NC1CCCNC1=O. The molecule has 122 valence electrons. The standard InChI is InChI=1S/C15H22N2O4S/c1-10(2)11-6-7-13(21-3)14(9-11)22(19,20)17-12-5-4-8-16-15(12)18/h6-7,9-10,12,17H,4-5,8H2,1-3H3,(H,16,18). The Hall–Kier alpha value is -1.60. The topological polar surface area (TPSA) is 84.5 Å². The largest absolute Gasteiger partial charge is 0.495 e. The molecule has 1 unspecified atom stereocenters. The van der Waals surface area contributed by atoms with Crippen molar-refractivity contribution in [1.82, 2.24) is 10.0 Å². The number of nitrogens with one attached hydrogen (secondary N) is 2. The van der Waals surface area contributed by atoms with Crippen LogP contribution in [-0.4, -0.2) is 34.0 Å². The summed E-state index contributed by atoms with van der Waals surface area (Å²) in [4.78, 5) is 11.8. The van der Waals surface area contributed by atoms with Gasteiger partial charge in [0.25, 0.3) is 0 Å². The summed E-state index contributed by atoms with van der Waals surface area (Å²) < 4.78 is 32.9. The van der Waals surface area contributed by atoms with E-state index in [0.29, 0.717) is 13.0 Å². The van der Waals surface area contributed by atoms with Gasteiger partial charge >= 0.3 is 0 Å². The van der Waals surface area contributed by atoms with E-state index in [1.165, 1.54) is 7.11 Å². The molecule has 0 saturated carbocycles. The molecule has 0 radical (unpaired) electrons. The molecule has 1 aliphatic heterocycles. The first kappa shape index (κ1) is 16.8. The van der Waals surface area contributed by atoms with Gasteiger partial charge in [0.1, 0.15) is 16.7 Å². The molecule has 1 fully saturated rings. The van der Waals surface area contributed by atoms with E-state index in [1.54, 1.807) is 12.1 Å². The zero-order valence-electron chi connectivity index (χ0n) is 13.0. The molecule has 1 amide bonds. The number of carbonyl (C=O) groups is 1. The normalized spacial score (nSPS) is 19.1. The van der Waals surface area contributed by atoms with E-state index in [9.17, 15) is 13.2 Å². The Kier molecular flexibility index (Phi) is 5.08. The van der Waals surface area contributed by atoms with Crippen LogP contribution in [-0.2, 0) is 14.8 Å². The minimum absolute atomic E-state index is 0.0690. The number of piperidine rings is 1. The molecule has 22 heavy (non-hydrogen) atoms. The molecule has 7 heteroatoms. The Morgan fingerprint density at radius 1 is 1.36 bits per heavy atom. The van der Waals surface area contributed by atoms with Gasteiger partial charge in [0.15, 0.2) is 0 Å².